The van der Waals surface area contributed by atoms with Crippen LogP contribution in [0.3, 0.4) is 0 Å². The largest absolute Gasteiger partial charge is 0.330 e. The minimum Gasteiger partial charge on any atom is -0.330 e. The summed E-state index contributed by atoms with van der Waals surface area (Å²) >= 11 is 0. The minimum absolute atomic E-state index is 0. The molecular weight excluding hydrogens is 414 g/mol. The normalized spacial score (nSPS) is 9.46. The predicted molar refractivity (Wildman–Crippen MR) is 128 cm³/mol. The zero-order valence-corrected chi connectivity index (χ0v) is 20.0. The van der Waals surface area contributed by atoms with Gasteiger partial charge in [-0.15, -0.1) is 49.6 Å². The Morgan fingerprint density at radius 1 is 0.462 bits per heavy atom. The molecule has 4 nitrogen and oxygen atoms in total. The maximum absolute atomic E-state index is 5.45. The minimum atomic E-state index is 0. The molecule has 0 unspecified atom stereocenters. The highest BCUT2D eigenvalue weighted by Crippen LogP contribution is 2.03. The van der Waals surface area contributed by atoms with E-state index in [0.717, 1.165) is 45.7 Å². The topological polar surface area (TPSA) is 62.1 Å². The van der Waals surface area contributed by atoms with Gasteiger partial charge in [0.15, 0.2) is 0 Å². The van der Waals surface area contributed by atoms with Crippen molar-refractivity contribution in [1.29, 1.82) is 0 Å². The second kappa shape index (κ2) is 36.8. The Balaban J connectivity index is -0.000000367. The van der Waals surface area contributed by atoms with Crippen LogP contribution in [0.25, 0.3) is 0 Å². The average Bonchev–Trinajstić information content (AvgIpc) is 2.54. The average molecular weight is 460 g/mol. The van der Waals surface area contributed by atoms with Crippen molar-refractivity contribution in [3.8, 4) is 0 Å². The molecule has 0 fully saturated rings. The van der Waals surface area contributed by atoms with Crippen LogP contribution in [0.5, 0.6) is 0 Å². The van der Waals surface area contributed by atoms with Crippen molar-refractivity contribution in [1.82, 2.24) is 16.0 Å². The van der Waals surface area contributed by atoms with Gasteiger partial charge in [-0.2, -0.15) is 0 Å². The molecule has 0 amide bonds. The van der Waals surface area contributed by atoms with E-state index in [1.165, 1.54) is 64.3 Å². The SMILES string of the molecule is CCCCCCCCNCCCNCCCCNCCCN.Cl.Cl.Cl.Cl. The molecule has 0 aliphatic carbocycles. The fourth-order valence-corrected chi connectivity index (χ4v) is 2.47. The van der Waals surface area contributed by atoms with E-state index in [4.69, 9.17) is 5.73 Å². The molecule has 0 aromatic rings. The molecule has 0 rings (SSSR count). The van der Waals surface area contributed by atoms with Crippen molar-refractivity contribution in [3.63, 3.8) is 0 Å². The Bertz CT molecular complexity index is 184. The Labute approximate surface area is 188 Å². The highest BCUT2D eigenvalue weighted by molar-refractivity contribution is 5.86. The number of unbranched alkanes of at least 4 members (excludes halogenated alkanes) is 6. The van der Waals surface area contributed by atoms with Gasteiger partial charge in [-0.3, -0.25) is 0 Å². The van der Waals surface area contributed by atoms with Crippen LogP contribution < -0.4 is 21.7 Å². The van der Waals surface area contributed by atoms with Crippen LogP contribution in [0.15, 0.2) is 0 Å². The van der Waals surface area contributed by atoms with Crippen LogP contribution in [0.4, 0.5) is 0 Å². The highest BCUT2D eigenvalue weighted by Gasteiger charge is 1.92. The third-order valence-electron chi connectivity index (χ3n) is 3.93. The molecule has 26 heavy (non-hydrogen) atoms. The van der Waals surface area contributed by atoms with E-state index in [0.29, 0.717) is 0 Å². The second-order valence-corrected chi connectivity index (χ2v) is 6.22. The van der Waals surface area contributed by atoms with Gasteiger partial charge in [0.25, 0.3) is 0 Å². The summed E-state index contributed by atoms with van der Waals surface area (Å²) in [6.07, 6.45) is 13.2. The maximum Gasteiger partial charge on any atom is -0.00368 e. The Hall–Kier alpha value is 1.00. The zero-order valence-electron chi connectivity index (χ0n) is 16.7. The van der Waals surface area contributed by atoms with Gasteiger partial charge >= 0.3 is 0 Å². The van der Waals surface area contributed by atoms with Crippen molar-refractivity contribution >= 4 is 49.6 Å². The first-order valence-electron chi connectivity index (χ1n) is 9.74. The molecule has 0 bridgehead atoms. The molecule has 0 aromatic carbocycles. The molecule has 5 N–H and O–H groups in total. The van der Waals surface area contributed by atoms with Crippen LogP contribution >= 0.6 is 49.6 Å². The van der Waals surface area contributed by atoms with Crippen LogP contribution in [-0.2, 0) is 0 Å². The standard InChI is InChI=1S/C18H42N4.4ClH/c1-2-3-4-5-6-7-13-21-17-11-18-22-15-9-8-14-20-16-10-12-19;;;;/h20-22H,2-19H2,1H3;4*1H. The van der Waals surface area contributed by atoms with E-state index in [1.54, 1.807) is 0 Å². The summed E-state index contributed by atoms with van der Waals surface area (Å²) in [7, 11) is 0. The predicted octanol–water partition coefficient (Wildman–Crippen LogP) is 4.32. The number of nitrogens with one attached hydrogen (secondary N) is 3. The van der Waals surface area contributed by atoms with Gasteiger partial charge in [0.1, 0.15) is 0 Å². The van der Waals surface area contributed by atoms with Crippen LogP contribution in [0.2, 0.25) is 0 Å². The number of hydrogen-bond acceptors (Lipinski definition) is 4. The monoisotopic (exact) mass is 458 g/mol. The van der Waals surface area contributed by atoms with Gasteiger partial charge in [-0.05, 0) is 77.9 Å². The van der Waals surface area contributed by atoms with E-state index in [-0.39, 0.29) is 49.6 Å². The lowest BCUT2D eigenvalue weighted by molar-refractivity contribution is 0.540. The number of rotatable bonds is 19. The summed E-state index contributed by atoms with van der Waals surface area (Å²) < 4.78 is 0. The number of hydrogen-bond donors (Lipinski definition) is 4. The summed E-state index contributed by atoms with van der Waals surface area (Å²) in [5.41, 5.74) is 5.45. The van der Waals surface area contributed by atoms with Gasteiger partial charge in [-0.1, -0.05) is 39.0 Å². The second-order valence-electron chi connectivity index (χ2n) is 6.22. The molecule has 0 spiro atoms. The van der Waals surface area contributed by atoms with Crippen LogP contribution in [-0.4, -0.2) is 45.8 Å². The van der Waals surface area contributed by atoms with E-state index in [2.05, 4.69) is 22.9 Å². The molecule has 8 heteroatoms. The molecule has 0 aliphatic heterocycles. The maximum atomic E-state index is 5.45. The van der Waals surface area contributed by atoms with Gasteiger partial charge in [-0.25, -0.2) is 0 Å². The number of halogens is 4. The van der Waals surface area contributed by atoms with E-state index in [1.807, 2.05) is 0 Å². The lowest BCUT2D eigenvalue weighted by Crippen LogP contribution is -2.24. The molecule has 0 saturated carbocycles. The van der Waals surface area contributed by atoms with E-state index < -0.39 is 0 Å². The number of nitrogens with two attached hydrogens (primary N) is 1. The highest BCUT2D eigenvalue weighted by atomic mass is 35.5. The van der Waals surface area contributed by atoms with E-state index in [9.17, 15) is 0 Å². The fourth-order valence-electron chi connectivity index (χ4n) is 2.47. The van der Waals surface area contributed by atoms with Crippen LogP contribution in [0.1, 0.15) is 71.1 Å². The van der Waals surface area contributed by atoms with Crippen molar-refractivity contribution in [2.45, 2.75) is 71.1 Å². The van der Waals surface area contributed by atoms with Gasteiger partial charge in [0, 0.05) is 0 Å². The first-order valence-corrected chi connectivity index (χ1v) is 9.74. The van der Waals surface area contributed by atoms with E-state index >= 15 is 0 Å². The first-order chi connectivity index (χ1) is 10.9. The summed E-state index contributed by atoms with van der Waals surface area (Å²) in [4.78, 5) is 0. The molecule has 166 valence electrons. The fraction of sp³-hybridized carbons (Fsp3) is 1.00. The first kappa shape index (κ1) is 37.7. The molecule has 0 aromatic heterocycles. The van der Waals surface area contributed by atoms with Crippen molar-refractivity contribution < 1.29 is 0 Å². The van der Waals surface area contributed by atoms with Gasteiger partial charge in [0.2, 0.25) is 0 Å². The van der Waals surface area contributed by atoms with Crippen molar-refractivity contribution in [3.05, 3.63) is 0 Å². The summed E-state index contributed by atoms with van der Waals surface area (Å²) in [6.45, 7) is 9.90. The van der Waals surface area contributed by atoms with Gasteiger partial charge < -0.3 is 21.7 Å². The zero-order chi connectivity index (χ0) is 16.1. The molecule has 0 atom stereocenters. The quantitative estimate of drug-likeness (QED) is 0.217. The lowest BCUT2D eigenvalue weighted by atomic mass is 10.1. The molecule has 0 heterocycles. The molecule has 0 radical (unpaired) electrons. The third-order valence-corrected chi connectivity index (χ3v) is 3.93. The Morgan fingerprint density at radius 2 is 0.808 bits per heavy atom. The third kappa shape index (κ3) is 36.0. The molecular formula is C18H46Cl4N4. The lowest BCUT2D eigenvalue weighted by Gasteiger charge is -2.07. The van der Waals surface area contributed by atoms with Crippen LogP contribution in [0, 0.1) is 0 Å². The Morgan fingerprint density at radius 3 is 1.27 bits per heavy atom. The van der Waals surface area contributed by atoms with Gasteiger partial charge in [0.05, 0.1) is 0 Å². The summed E-state index contributed by atoms with van der Waals surface area (Å²) in [6, 6.07) is 0. The van der Waals surface area contributed by atoms with Crippen molar-refractivity contribution in [2.24, 2.45) is 5.73 Å². The molecule has 0 aliphatic rings. The molecule has 0 saturated heterocycles. The Kier molecular flexibility index (Phi) is 53.4. The summed E-state index contributed by atoms with van der Waals surface area (Å²) in [5, 5.41) is 10.5. The smallest absolute Gasteiger partial charge is 0.00368 e. The summed E-state index contributed by atoms with van der Waals surface area (Å²) in [5.74, 6) is 0. The van der Waals surface area contributed by atoms with Crippen molar-refractivity contribution in [2.75, 3.05) is 45.8 Å².